The van der Waals surface area contributed by atoms with Crippen LogP contribution in [0.1, 0.15) is 25.7 Å². The average molecular weight is 198 g/mol. The molecule has 3 nitrogen and oxygen atoms in total. The molecule has 0 radical (unpaired) electrons. The third kappa shape index (κ3) is 2.27. The predicted octanol–water partition coefficient (Wildman–Crippen LogP) is 0.838. The zero-order chi connectivity index (χ0) is 9.86. The minimum absolute atomic E-state index is 0.575. The van der Waals surface area contributed by atoms with E-state index in [2.05, 4.69) is 4.90 Å². The lowest BCUT2D eigenvalue weighted by Crippen LogP contribution is -2.47. The molecule has 0 aromatic rings. The fraction of sp³-hybridized carbons (Fsp3) is 1.00. The maximum absolute atomic E-state index is 5.61. The van der Waals surface area contributed by atoms with Gasteiger partial charge in [0, 0.05) is 32.8 Å². The van der Waals surface area contributed by atoms with E-state index in [0.29, 0.717) is 5.41 Å². The van der Waals surface area contributed by atoms with Crippen molar-refractivity contribution in [3.63, 3.8) is 0 Å². The quantitative estimate of drug-likeness (QED) is 0.714. The smallest absolute Gasteiger partial charge is 0.0471 e. The molecule has 2 aliphatic heterocycles. The number of nitrogens with zero attached hydrogens (tertiary/aromatic N) is 1. The van der Waals surface area contributed by atoms with Crippen molar-refractivity contribution in [2.45, 2.75) is 25.7 Å². The van der Waals surface area contributed by atoms with Crippen LogP contribution in [0.4, 0.5) is 0 Å². The van der Waals surface area contributed by atoms with Crippen LogP contribution in [-0.2, 0) is 4.74 Å². The molecule has 0 saturated carbocycles. The molecular weight excluding hydrogens is 176 g/mol. The van der Waals surface area contributed by atoms with Gasteiger partial charge < -0.3 is 15.4 Å². The first-order valence-electron chi connectivity index (χ1n) is 5.85. The summed E-state index contributed by atoms with van der Waals surface area (Å²) in [5, 5.41) is 0. The second-order valence-electron chi connectivity index (χ2n) is 4.78. The minimum Gasteiger partial charge on any atom is -0.381 e. The molecule has 0 atom stereocenters. The largest absolute Gasteiger partial charge is 0.381 e. The lowest BCUT2D eigenvalue weighted by atomic mass is 9.74. The van der Waals surface area contributed by atoms with Crippen LogP contribution in [0.3, 0.4) is 0 Å². The van der Waals surface area contributed by atoms with Crippen molar-refractivity contribution < 1.29 is 4.74 Å². The highest BCUT2D eigenvalue weighted by molar-refractivity contribution is 4.88. The Kier molecular flexibility index (Phi) is 3.42. The molecule has 0 unspecified atom stereocenters. The van der Waals surface area contributed by atoms with Crippen LogP contribution in [-0.4, -0.2) is 44.3 Å². The number of piperidine rings is 1. The summed E-state index contributed by atoms with van der Waals surface area (Å²) in [5.74, 6) is 0. The lowest BCUT2D eigenvalue weighted by Gasteiger charge is -2.45. The standard InChI is InChI=1S/C11H22N2O/c12-5-7-13-6-1-2-11(10-13)3-8-14-9-4-11/h1-10,12H2. The van der Waals surface area contributed by atoms with Crippen LogP contribution in [0.2, 0.25) is 0 Å². The first-order valence-corrected chi connectivity index (χ1v) is 5.85. The molecular formula is C11H22N2O. The Morgan fingerprint density at radius 3 is 2.71 bits per heavy atom. The normalized spacial score (nSPS) is 28.1. The highest BCUT2D eigenvalue weighted by atomic mass is 16.5. The lowest BCUT2D eigenvalue weighted by molar-refractivity contribution is -0.0265. The molecule has 82 valence electrons. The van der Waals surface area contributed by atoms with Crippen molar-refractivity contribution in [2.75, 3.05) is 39.4 Å². The molecule has 2 aliphatic rings. The van der Waals surface area contributed by atoms with Crippen LogP contribution in [0.25, 0.3) is 0 Å². The maximum atomic E-state index is 5.61. The van der Waals surface area contributed by atoms with E-state index in [1.165, 1.54) is 38.8 Å². The monoisotopic (exact) mass is 198 g/mol. The Hall–Kier alpha value is -0.120. The summed E-state index contributed by atoms with van der Waals surface area (Å²) in [6, 6.07) is 0. The molecule has 3 heteroatoms. The van der Waals surface area contributed by atoms with Gasteiger partial charge in [0.05, 0.1) is 0 Å². The van der Waals surface area contributed by atoms with E-state index in [0.717, 1.165) is 26.3 Å². The number of hydrogen-bond acceptors (Lipinski definition) is 3. The summed E-state index contributed by atoms with van der Waals surface area (Å²) >= 11 is 0. The fourth-order valence-corrected chi connectivity index (χ4v) is 2.90. The van der Waals surface area contributed by atoms with Gasteiger partial charge in [-0.05, 0) is 37.6 Å². The van der Waals surface area contributed by atoms with Crippen molar-refractivity contribution in [3.05, 3.63) is 0 Å². The molecule has 1 spiro atoms. The molecule has 2 saturated heterocycles. The Balaban J connectivity index is 1.91. The maximum Gasteiger partial charge on any atom is 0.0471 e. The molecule has 0 aromatic heterocycles. The Labute approximate surface area is 86.6 Å². The summed E-state index contributed by atoms with van der Waals surface area (Å²) in [4.78, 5) is 2.54. The zero-order valence-corrected chi connectivity index (χ0v) is 9.00. The molecule has 0 aromatic carbocycles. The van der Waals surface area contributed by atoms with E-state index in [4.69, 9.17) is 10.5 Å². The molecule has 14 heavy (non-hydrogen) atoms. The second kappa shape index (κ2) is 4.60. The van der Waals surface area contributed by atoms with E-state index < -0.39 is 0 Å². The molecule has 2 heterocycles. The van der Waals surface area contributed by atoms with E-state index in [9.17, 15) is 0 Å². The molecule has 0 aliphatic carbocycles. The van der Waals surface area contributed by atoms with Gasteiger partial charge in [-0.15, -0.1) is 0 Å². The zero-order valence-electron chi connectivity index (χ0n) is 9.00. The van der Waals surface area contributed by atoms with Gasteiger partial charge in [-0.1, -0.05) is 0 Å². The van der Waals surface area contributed by atoms with Crippen molar-refractivity contribution in [1.29, 1.82) is 0 Å². The van der Waals surface area contributed by atoms with Crippen LogP contribution < -0.4 is 5.73 Å². The first-order chi connectivity index (χ1) is 6.85. The van der Waals surface area contributed by atoms with E-state index >= 15 is 0 Å². The van der Waals surface area contributed by atoms with Gasteiger partial charge in [-0.2, -0.15) is 0 Å². The SMILES string of the molecule is NCCN1CCCC2(CCOCC2)C1. The van der Waals surface area contributed by atoms with Gasteiger partial charge in [0.15, 0.2) is 0 Å². The summed E-state index contributed by atoms with van der Waals surface area (Å²) in [5.41, 5.74) is 6.19. The summed E-state index contributed by atoms with van der Waals surface area (Å²) < 4.78 is 5.45. The van der Waals surface area contributed by atoms with Crippen molar-refractivity contribution in [2.24, 2.45) is 11.1 Å². The number of ether oxygens (including phenoxy) is 1. The summed E-state index contributed by atoms with van der Waals surface area (Å²) in [6.45, 7) is 6.31. The molecule has 0 amide bonds. The van der Waals surface area contributed by atoms with E-state index in [1.54, 1.807) is 0 Å². The van der Waals surface area contributed by atoms with E-state index in [1.807, 2.05) is 0 Å². The third-order valence-corrected chi connectivity index (χ3v) is 3.74. The van der Waals surface area contributed by atoms with Crippen LogP contribution in [0.15, 0.2) is 0 Å². The minimum atomic E-state index is 0.575. The van der Waals surface area contributed by atoms with Gasteiger partial charge in [-0.25, -0.2) is 0 Å². The summed E-state index contributed by atoms with van der Waals surface area (Å²) in [7, 11) is 0. The predicted molar refractivity (Wildman–Crippen MR) is 57.2 cm³/mol. The molecule has 0 bridgehead atoms. The Morgan fingerprint density at radius 1 is 1.21 bits per heavy atom. The van der Waals surface area contributed by atoms with Gasteiger partial charge in [0.1, 0.15) is 0 Å². The van der Waals surface area contributed by atoms with Crippen LogP contribution in [0, 0.1) is 5.41 Å². The van der Waals surface area contributed by atoms with Gasteiger partial charge in [-0.3, -0.25) is 0 Å². The van der Waals surface area contributed by atoms with Crippen molar-refractivity contribution in [1.82, 2.24) is 4.90 Å². The van der Waals surface area contributed by atoms with E-state index in [-0.39, 0.29) is 0 Å². The fourth-order valence-electron chi connectivity index (χ4n) is 2.90. The Bertz CT molecular complexity index is 171. The Morgan fingerprint density at radius 2 is 2.00 bits per heavy atom. The molecule has 2 N–H and O–H groups in total. The second-order valence-corrected chi connectivity index (χ2v) is 4.78. The van der Waals surface area contributed by atoms with Gasteiger partial charge >= 0.3 is 0 Å². The van der Waals surface area contributed by atoms with Gasteiger partial charge in [0.2, 0.25) is 0 Å². The van der Waals surface area contributed by atoms with Gasteiger partial charge in [0.25, 0.3) is 0 Å². The number of nitrogens with two attached hydrogens (primary N) is 1. The molecule has 2 fully saturated rings. The first kappa shape index (κ1) is 10.4. The highest BCUT2D eigenvalue weighted by Crippen LogP contribution is 2.38. The summed E-state index contributed by atoms with van der Waals surface area (Å²) in [6.07, 6.45) is 5.26. The number of rotatable bonds is 2. The molecule has 2 rings (SSSR count). The van der Waals surface area contributed by atoms with Crippen molar-refractivity contribution >= 4 is 0 Å². The van der Waals surface area contributed by atoms with Crippen LogP contribution >= 0.6 is 0 Å². The van der Waals surface area contributed by atoms with Crippen molar-refractivity contribution in [3.8, 4) is 0 Å². The number of hydrogen-bond donors (Lipinski definition) is 1. The number of likely N-dealkylation sites (tertiary alicyclic amines) is 1. The average Bonchev–Trinajstić information content (AvgIpc) is 2.19. The highest BCUT2D eigenvalue weighted by Gasteiger charge is 2.36. The van der Waals surface area contributed by atoms with Crippen LogP contribution in [0.5, 0.6) is 0 Å². The topological polar surface area (TPSA) is 38.5 Å². The third-order valence-electron chi connectivity index (χ3n) is 3.74.